The Morgan fingerprint density at radius 3 is 2.24 bits per heavy atom. The van der Waals surface area contributed by atoms with E-state index >= 15 is 0 Å². The van der Waals surface area contributed by atoms with Gasteiger partial charge in [0.05, 0.1) is 0 Å². The molecule has 0 heterocycles. The van der Waals surface area contributed by atoms with Gasteiger partial charge in [-0.3, -0.25) is 0 Å². The van der Waals surface area contributed by atoms with Gasteiger partial charge in [-0.05, 0) is 23.3 Å². The van der Waals surface area contributed by atoms with Gasteiger partial charge >= 0.3 is 0 Å². The Morgan fingerprint density at radius 2 is 1.53 bits per heavy atom. The average molecular weight is 220 g/mol. The highest BCUT2D eigenvalue weighted by Gasteiger charge is 1.96. The molecule has 0 aromatic heterocycles. The van der Waals surface area contributed by atoms with E-state index in [0.717, 1.165) is 5.56 Å². The fourth-order valence-corrected chi connectivity index (χ4v) is 1.63. The first kappa shape index (κ1) is 11.5. The standard InChI is InChI=1S/C17H16/c1-14(2)11-12-15-7-6-10-17(13-15)16-8-4-3-5-9-16/h3-10,13-14H,1-2H3. The Morgan fingerprint density at radius 1 is 0.824 bits per heavy atom. The summed E-state index contributed by atoms with van der Waals surface area (Å²) < 4.78 is 0. The van der Waals surface area contributed by atoms with Crippen molar-refractivity contribution in [3.05, 3.63) is 60.2 Å². The molecule has 0 aliphatic carbocycles. The van der Waals surface area contributed by atoms with Crippen LogP contribution in [-0.4, -0.2) is 0 Å². The molecule has 0 aliphatic heterocycles. The minimum absolute atomic E-state index is 0.412. The molecule has 0 spiro atoms. The van der Waals surface area contributed by atoms with E-state index in [9.17, 15) is 0 Å². The number of rotatable bonds is 1. The quantitative estimate of drug-likeness (QED) is 0.626. The zero-order valence-corrected chi connectivity index (χ0v) is 10.3. The monoisotopic (exact) mass is 220 g/mol. The maximum atomic E-state index is 3.20. The van der Waals surface area contributed by atoms with Gasteiger partial charge in [0, 0.05) is 11.5 Å². The van der Waals surface area contributed by atoms with Crippen molar-refractivity contribution in [2.45, 2.75) is 13.8 Å². The van der Waals surface area contributed by atoms with Crippen molar-refractivity contribution >= 4 is 0 Å². The Hall–Kier alpha value is -2.00. The maximum absolute atomic E-state index is 3.20. The van der Waals surface area contributed by atoms with E-state index in [1.165, 1.54) is 11.1 Å². The summed E-state index contributed by atoms with van der Waals surface area (Å²) in [4.78, 5) is 0. The molecule has 2 aromatic rings. The maximum Gasteiger partial charge on any atom is 0.0251 e. The summed E-state index contributed by atoms with van der Waals surface area (Å²) in [5, 5.41) is 0. The molecule has 0 saturated carbocycles. The minimum atomic E-state index is 0.412. The lowest BCUT2D eigenvalue weighted by atomic mass is 10.0. The molecule has 0 aliphatic rings. The lowest BCUT2D eigenvalue weighted by Crippen LogP contribution is -1.82. The summed E-state index contributed by atoms with van der Waals surface area (Å²) in [7, 11) is 0. The smallest absolute Gasteiger partial charge is 0.0251 e. The second kappa shape index (κ2) is 5.37. The van der Waals surface area contributed by atoms with Crippen molar-refractivity contribution in [1.82, 2.24) is 0 Å². The van der Waals surface area contributed by atoms with Crippen molar-refractivity contribution in [2.75, 3.05) is 0 Å². The molecule has 0 radical (unpaired) electrons. The number of benzene rings is 2. The van der Waals surface area contributed by atoms with E-state index in [1.807, 2.05) is 6.07 Å². The van der Waals surface area contributed by atoms with Gasteiger partial charge in [-0.25, -0.2) is 0 Å². The van der Waals surface area contributed by atoms with Crippen molar-refractivity contribution < 1.29 is 0 Å². The molecule has 0 amide bonds. The molecule has 0 atom stereocenters. The summed E-state index contributed by atoms with van der Waals surface area (Å²) in [6, 6.07) is 18.8. The van der Waals surface area contributed by atoms with Gasteiger partial charge in [0.25, 0.3) is 0 Å². The van der Waals surface area contributed by atoms with E-state index in [0.29, 0.717) is 5.92 Å². The van der Waals surface area contributed by atoms with Crippen LogP contribution in [0.2, 0.25) is 0 Å². The van der Waals surface area contributed by atoms with E-state index in [-0.39, 0.29) is 0 Å². The summed E-state index contributed by atoms with van der Waals surface area (Å²) in [6.07, 6.45) is 0. The second-order valence-electron chi connectivity index (χ2n) is 4.37. The Labute approximate surface area is 103 Å². The van der Waals surface area contributed by atoms with E-state index < -0.39 is 0 Å². The van der Waals surface area contributed by atoms with Crippen molar-refractivity contribution in [2.24, 2.45) is 5.92 Å². The van der Waals surface area contributed by atoms with E-state index in [4.69, 9.17) is 0 Å². The molecule has 0 N–H and O–H groups in total. The minimum Gasteiger partial charge on any atom is -0.0951 e. The Kier molecular flexibility index (Phi) is 3.62. The van der Waals surface area contributed by atoms with Gasteiger partial charge in [-0.1, -0.05) is 68.2 Å². The first-order chi connectivity index (χ1) is 8.25. The molecule has 84 valence electrons. The highest BCUT2D eigenvalue weighted by Crippen LogP contribution is 2.19. The first-order valence-electron chi connectivity index (χ1n) is 5.93. The van der Waals surface area contributed by atoms with Crippen LogP contribution >= 0.6 is 0 Å². The number of hydrogen-bond acceptors (Lipinski definition) is 0. The van der Waals surface area contributed by atoms with Crippen LogP contribution < -0.4 is 0 Å². The molecule has 0 unspecified atom stereocenters. The van der Waals surface area contributed by atoms with Crippen LogP contribution in [0.3, 0.4) is 0 Å². The molecule has 17 heavy (non-hydrogen) atoms. The topological polar surface area (TPSA) is 0 Å². The van der Waals surface area contributed by atoms with Gasteiger partial charge in [-0.15, -0.1) is 0 Å². The first-order valence-corrected chi connectivity index (χ1v) is 5.93. The SMILES string of the molecule is CC(C)C#Cc1cccc(-c2ccccc2)c1. The molecule has 0 heteroatoms. The van der Waals surface area contributed by atoms with Crippen LogP contribution in [0.1, 0.15) is 19.4 Å². The second-order valence-corrected chi connectivity index (χ2v) is 4.37. The summed E-state index contributed by atoms with van der Waals surface area (Å²) in [5.74, 6) is 6.81. The molecule has 2 rings (SSSR count). The predicted octanol–water partition coefficient (Wildman–Crippen LogP) is 4.36. The van der Waals surface area contributed by atoms with Crippen LogP contribution in [0, 0.1) is 17.8 Å². The van der Waals surface area contributed by atoms with Gasteiger partial charge in [-0.2, -0.15) is 0 Å². The molecule has 0 fully saturated rings. The molecule has 0 nitrogen and oxygen atoms in total. The fourth-order valence-electron chi connectivity index (χ4n) is 1.63. The highest BCUT2D eigenvalue weighted by atomic mass is 14.0. The lowest BCUT2D eigenvalue weighted by Gasteiger charge is -2.01. The zero-order chi connectivity index (χ0) is 12.1. The van der Waals surface area contributed by atoms with Crippen molar-refractivity contribution in [3.8, 4) is 23.0 Å². The largest absolute Gasteiger partial charge is 0.0951 e. The third-order valence-electron chi connectivity index (χ3n) is 2.47. The van der Waals surface area contributed by atoms with Crippen LogP contribution in [-0.2, 0) is 0 Å². The molecule has 2 aromatic carbocycles. The van der Waals surface area contributed by atoms with Gasteiger partial charge < -0.3 is 0 Å². The van der Waals surface area contributed by atoms with Crippen LogP contribution in [0.5, 0.6) is 0 Å². The van der Waals surface area contributed by atoms with Gasteiger partial charge in [0.1, 0.15) is 0 Å². The van der Waals surface area contributed by atoms with Crippen molar-refractivity contribution in [3.63, 3.8) is 0 Å². The summed E-state index contributed by atoms with van der Waals surface area (Å²) in [5.41, 5.74) is 3.54. The van der Waals surface area contributed by atoms with E-state index in [1.54, 1.807) is 0 Å². The Bertz CT molecular complexity index is 539. The average Bonchev–Trinajstić information content (AvgIpc) is 2.38. The van der Waals surface area contributed by atoms with Crippen LogP contribution in [0.15, 0.2) is 54.6 Å². The van der Waals surface area contributed by atoms with Crippen LogP contribution in [0.25, 0.3) is 11.1 Å². The zero-order valence-electron chi connectivity index (χ0n) is 10.3. The fraction of sp³-hybridized carbons (Fsp3) is 0.176. The number of hydrogen-bond donors (Lipinski definition) is 0. The highest BCUT2D eigenvalue weighted by molar-refractivity contribution is 5.65. The normalized spacial score (nSPS) is 9.82. The molecular weight excluding hydrogens is 204 g/mol. The van der Waals surface area contributed by atoms with Gasteiger partial charge in [0.15, 0.2) is 0 Å². The molecule has 0 bridgehead atoms. The predicted molar refractivity (Wildman–Crippen MR) is 73.6 cm³/mol. The van der Waals surface area contributed by atoms with E-state index in [2.05, 4.69) is 74.2 Å². The third-order valence-corrected chi connectivity index (χ3v) is 2.47. The summed E-state index contributed by atoms with van der Waals surface area (Å²) >= 11 is 0. The van der Waals surface area contributed by atoms with Gasteiger partial charge in [0.2, 0.25) is 0 Å². The molecular formula is C17H16. The molecule has 0 saturated heterocycles. The summed E-state index contributed by atoms with van der Waals surface area (Å²) in [6.45, 7) is 4.21. The Balaban J connectivity index is 2.33. The van der Waals surface area contributed by atoms with Crippen LogP contribution in [0.4, 0.5) is 0 Å². The third kappa shape index (κ3) is 3.23. The van der Waals surface area contributed by atoms with Crippen molar-refractivity contribution in [1.29, 1.82) is 0 Å². The lowest BCUT2D eigenvalue weighted by molar-refractivity contribution is 0.866.